The number of nitrogens with zero attached hydrogens (tertiary/aromatic N) is 2. The van der Waals surface area contributed by atoms with Crippen LogP contribution in [0.1, 0.15) is 0 Å². The van der Waals surface area contributed by atoms with Crippen molar-refractivity contribution in [1.82, 2.24) is 4.98 Å². The summed E-state index contributed by atoms with van der Waals surface area (Å²) >= 11 is 0. The number of hydrogen-bond donors (Lipinski definition) is 0. The summed E-state index contributed by atoms with van der Waals surface area (Å²) < 4.78 is 6.64. The highest BCUT2D eigenvalue weighted by Gasteiger charge is 2.21. The number of oxazole rings is 1. The molecule has 0 spiro atoms. The highest BCUT2D eigenvalue weighted by Crippen LogP contribution is 2.44. The molecule has 0 fully saturated rings. The molecule has 0 N–H and O–H groups in total. The topological polar surface area (TPSA) is 29.3 Å². The summed E-state index contributed by atoms with van der Waals surface area (Å²) in [6, 6.07) is 68.8. The number of rotatable bonds is 6. The largest absolute Gasteiger partial charge is 0.435 e. The molecule has 0 saturated heterocycles. The summed E-state index contributed by atoms with van der Waals surface area (Å²) in [5.41, 5.74) is 10.4. The lowest BCUT2D eigenvalue weighted by atomic mass is 9.93. The van der Waals surface area contributed by atoms with Gasteiger partial charge in [-0.1, -0.05) is 140 Å². The average molecular weight is 665 g/mol. The van der Waals surface area contributed by atoms with Crippen LogP contribution in [-0.2, 0) is 0 Å². The molecule has 0 aliphatic rings. The lowest BCUT2D eigenvalue weighted by molar-refractivity contribution is 0.623. The van der Waals surface area contributed by atoms with Crippen molar-refractivity contribution >= 4 is 60.5 Å². The number of aromatic nitrogens is 1. The molecule has 0 saturated carbocycles. The standard InChI is InChI=1S/C49H32N2O/c1-3-13-33(14-4-1)37-19-11-20-40(31-37)51(46-24-12-18-35-27-30-45-48(47(35)46)52-49(50-45)36-15-5-2-6-16-36)39-28-25-34(26-29-39)44-32-38-17-7-8-21-41(38)42-22-9-10-23-43(42)44/h1-32H. The van der Waals surface area contributed by atoms with E-state index in [1.54, 1.807) is 0 Å². The van der Waals surface area contributed by atoms with Crippen LogP contribution in [0, 0.1) is 0 Å². The average Bonchev–Trinajstić information content (AvgIpc) is 3.67. The summed E-state index contributed by atoms with van der Waals surface area (Å²) in [5, 5.41) is 7.13. The Morgan fingerprint density at radius 3 is 1.87 bits per heavy atom. The number of fused-ring (bicyclic) bond motifs is 6. The maximum Gasteiger partial charge on any atom is 0.227 e. The van der Waals surface area contributed by atoms with Crippen LogP contribution in [0.2, 0.25) is 0 Å². The number of anilines is 3. The third-order valence-electron chi connectivity index (χ3n) is 10.1. The van der Waals surface area contributed by atoms with Crippen molar-refractivity contribution in [3.8, 4) is 33.7 Å². The molecular weight excluding hydrogens is 633 g/mol. The van der Waals surface area contributed by atoms with Gasteiger partial charge in [0.05, 0.1) is 11.1 Å². The molecule has 0 bridgehead atoms. The molecule has 0 atom stereocenters. The Hall–Kier alpha value is -6.97. The van der Waals surface area contributed by atoms with Crippen LogP contribution in [0.4, 0.5) is 17.1 Å². The van der Waals surface area contributed by atoms with Crippen molar-refractivity contribution in [2.45, 2.75) is 0 Å². The van der Waals surface area contributed by atoms with E-state index in [4.69, 9.17) is 9.40 Å². The third kappa shape index (κ3) is 5.10. The molecule has 0 unspecified atom stereocenters. The van der Waals surface area contributed by atoms with E-state index in [0.29, 0.717) is 5.89 Å². The fourth-order valence-corrected chi connectivity index (χ4v) is 7.59. The summed E-state index contributed by atoms with van der Waals surface area (Å²) in [6.45, 7) is 0. The molecule has 1 aromatic heterocycles. The van der Waals surface area contributed by atoms with Crippen LogP contribution in [0.5, 0.6) is 0 Å². The Balaban J connectivity index is 1.18. The van der Waals surface area contributed by atoms with Crippen molar-refractivity contribution in [1.29, 1.82) is 0 Å². The lowest BCUT2D eigenvalue weighted by Crippen LogP contribution is -2.10. The van der Waals surface area contributed by atoms with E-state index in [1.165, 1.54) is 38.2 Å². The summed E-state index contributed by atoms with van der Waals surface area (Å²) in [6.07, 6.45) is 0. The van der Waals surface area contributed by atoms with Crippen LogP contribution in [0.3, 0.4) is 0 Å². The van der Waals surface area contributed by atoms with Crippen molar-refractivity contribution < 1.29 is 4.42 Å². The van der Waals surface area contributed by atoms with Crippen molar-refractivity contribution in [2.75, 3.05) is 4.90 Å². The fraction of sp³-hybridized carbons (Fsp3) is 0. The molecule has 10 aromatic rings. The van der Waals surface area contributed by atoms with Gasteiger partial charge in [-0.25, -0.2) is 4.98 Å². The first-order valence-electron chi connectivity index (χ1n) is 17.6. The molecule has 0 aliphatic carbocycles. The molecular formula is C49H32N2O. The second-order valence-electron chi connectivity index (χ2n) is 13.2. The van der Waals surface area contributed by atoms with Gasteiger partial charge in [0.15, 0.2) is 5.58 Å². The first kappa shape index (κ1) is 29.9. The predicted octanol–water partition coefficient (Wildman–Crippen LogP) is 13.8. The number of hydrogen-bond acceptors (Lipinski definition) is 3. The molecule has 0 amide bonds. The molecule has 10 rings (SSSR count). The molecule has 1 heterocycles. The third-order valence-corrected chi connectivity index (χ3v) is 10.1. The Bertz CT molecular complexity index is 2890. The van der Waals surface area contributed by atoms with E-state index >= 15 is 0 Å². The summed E-state index contributed by atoms with van der Waals surface area (Å²) in [5.74, 6) is 0.613. The van der Waals surface area contributed by atoms with E-state index in [-0.39, 0.29) is 0 Å². The predicted molar refractivity (Wildman–Crippen MR) is 218 cm³/mol. The van der Waals surface area contributed by atoms with Gasteiger partial charge in [0.25, 0.3) is 0 Å². The van der Waals surface area contributed by atoms with Gasteiger partial charge in [-0.2, -0.15) is 0 Å². The Morgan fingerprint density at radius 2 is 1.06 bits per heavy atom. The van der Waals surface area contributed by atoms with Gasteiger partial charge in [-0.15, -0.1) is 0 Å². The van der Waals surface area contributed by atoms with Gasteiger partial charge < -0.3 is 9.32 Å². The second kappa shape index (κ2) is 12.4. The van der Waals surface area contributed by atoms with Gasteiger partial charge in [-0.3, -0.25) is 0 Å². The van der Waals surface area contributed by atoms with E-state index in [0.717, 1.165) is 50.1 Å². The highest BCUT2D eigenvalue weighted by atomic mass is 16.3. The molecule has 0 radical (unpaired) electrons. The minimum atomic E-state index is 0.613. The van der Waals surface area contributed by atoms with Crippen LogP contribution in [0.25, 0.3) is 77.1 Å². The van der Waals surface area contributed by atoms with Crippen LogP contribution >= 0.6 is 0 Å². The first-order chi connectivity index (χ1) is 25.8. The monoisotopic (exact) mass is 664 g/mol. The van der Waals surface area contributed by atoms with Crippen LogP contribution in [0.15, 0.2) is 199 Å². The van der Waals surface area contributed by atoms with Gasteiger partial charge in [0.2, 0.25) is 5.89 Å². The van der Waals surface area contributed by atoms with E-state index in [1.807, 2.05) is 30.3 Å². The fourth-order valence-electron chi connectivity index (χ4n) is 7.59. The zero-order valence-corrected chi connectivity index (χ0v) is 28.3. The van der Waals surface area contributed by atoms with Crippen LogP contribution < -0.4 is 4.90 Å². The summed E-state index contributed by atoms with van der Waals surface area (Å²) in [7, 11) is 0. The van der Waals surface area contributed by atoms with Crippen molar-refractivity contribution in [2.24, 2.45) is 0 Å². The zero-order chi connectivity index (χ0) is 34.4. The lowest BCUT2D eigenvalue weighted by Gasteiger charge is -2.27. The minimum Gasteiger partial charge on any atom is -0.435 e. The van der Waals surface area contributed by atoms with E-state index in [2.05, 4.69) is 169 Å². The first-order valence-corrected chi connectivity index (χ1v) is 17.6. The normalized spacial score (nSPS) is 11.5. The minimum absolute atomic E-state index is 0.613. The van der Waals surface area contributed by atoms with E-state index < -0.39 is 0 Å². The van der Waals surface area contributed by atoms with Gasteiger partial charge in [0.1, 0.15) is 5.52 Å². The zero-order valence-electron chi connectivity index (χ0n) is 28.3. The van der Waals surface area contributed by atoms with Gasteiger partial charge in [-0.05, 0) is 104 Å². The van der Waals surface area contributed by atoms with Crippen LogP contribution in [-0.4, -0.2) is 4.98 Å². The SMILES string of the molecule is c1ccc(-c2cccc(N(c3ccc(-c4cc5ccccc5c5ccccc45)cc3)c3cccc4ccc5nc(-c6ccccc6)oc5c34)c2)cc1. The Labute approximate surface area is 301 Å². The second-order valence-corrected chi connectivity index (χ2v) is 13.2. The maximum absolute atomic E-state index is 6.64. The highest BCUT2D eigenvalue weighted by molar-refractivity contribution is 6.14. The van der Waals surface area contributed by atoms with Gasteiger partial charge in [0, 0.05) is 16.9 Å². The Kier molecular flexibility index (Phi) is 7.14. The van der Waals surface area contributed by atoms with Crippen molar-refractivity contribution in [3.05, 3.63) is 194 Å². The van der Waals surface area contributed by atoms with Gasteiger partial charge >= 0.3 is 0 Å². The van der Waals surface area contributed by atoms with Crippen molar-refractivity contribution in [3.63, 3.8) is 0 Å². The summed E-state index contributed by atoms with van der Waals surface area (Å²) in [4.78, 5) is 7.29. The molecule has 3 nitrogen and oxygen atoms in total. The molecule has 244 valence electrons. The number of benzene rings is 9. The maximum atomic E-state index is 6.64. The molecule has 0 aliphatic heterocycles. The van der Waals surface area contributed by atoms with E-state index in [9.17, 15) is 0 Å². The quantitative estimate of drug-likeness (QED) is 0.166. The molecule has 9 aromatic carbocycles. The Morgan fingerprint density at radius 1 is 0.404 bits per heavy atom. The molecule has 52 heavy (non-hydrogen) atoms. The molecule has 3 heteroatoms. The smallest absolute Gasteiger partial charge is 0.227 e.